The van der Waals surface area contributed by atoms with Crippen LogP contribution in [0.5, 0.6) is 0 Å². The molecule has 0 radical (unpaired) electrons. The minimum absolute atomic E-state index is 0.339. The maximum atomic E-state index is 12.3. The van der Waals surface area contributed by atoms with Crippen LogP contribution in [0, 0.1) is 0 Å². The molecule has 5 heteroatoms. The molecule has 1 N–H and O–H groups in total. The van der Waals surface area contributed by atoms with Gasteiger partial charge in [-0.25, -0.2) is 0 Å². The van der Waals surface area contributed by atoms with Gasteiger partial charge in [-0.2, -0.15) is 9.89 Å². The SMILES string of the molecule is O=C(C(=O)c1cccc(Nn2cccn2)c1)c1ccccc1. The number of anilines is 1. The largest absolute Gasteiger partial charge is 0.285 e. The van der Waals surface area contributed by atoms with Crippen LogP contribution in [0.15, 0.2) is 73.1 Å². The van der Waals surface area contributed by atoms with Crippen LogP contribution in [-0.4, -0.2) is 21.5 Å². The van der Waals surface area contributed by atoms with Crippen molar-refractivity contribution in [1.29, 1.82) is 0 Å². The molecular formula is C17H13N3O2. The Hall–Kier alpha value is -3.21. The van der Waals surface area contributed by atoms with Crippen molar-refractivity contribution in [3.05, 3.63) is 84.2 Å². The van der Waals surface area contributed by atoms with Crippen molar-refractivity contribution in [3.8, 4) is 0 Å². The fraction of sp³-hybridized carbons (Fsp3) is 0. The fourth-order valence-electron chi connectivity index (χ4n) is 2.05. The molecule has 1 heterocycles. The number of aromatic nitrogens is 2. The Kier molecular flexibility index (Phi) is 3.78. The zero-order valence-electron chi connectivity index (χ0n) is 11.6. The molecule has 1 aromatic heterocycles. The van der Waals surface area contributed by atoms with Gasteiger partial charge < -0.3 is 0 Å². The number of hydrogen-bond acceptors (Lipinski definition) is 4. The minimum atomic E-state index is -0.532. The molecular weight excluding hydrogens is 278 g/mol. The highest BCUT2D eigenvalue weighted by molar-refractivity contribution is 6.49. The van der Waals surface area contributed by atoms with Gasteiger partial charge in [-0.05, 0) is 18.2 Å². The molecule has 0 saturated heterocycles. The molecule has 0 saturated carbocycles. The van der Waals surface area contributed by atoms with Crippen LogP contribution in [0.2, 0.25) is 0 Å². The Morgan fingerprint density at radius 1 is 0.864 bits per heavy atom. The Bertz CT molecular complexity index is 796. The number of benzene rings is 2. The van der Waals surface area contributed by atoms with E-state index in [1.54, 1.807) is 73.1 Å². The molecule has 0 aliphatic rings. The summed E-state index contributed by atoms with van der Waals surface area (Å²) in [6, 6.07) is 17.1. The lowest BCUT2D eigenvalue weighted by Gasteiger charge is -2.07. The van der Waals surface area contributed by atoms with Gasteiger partial charge in [-0.3, -0.25) is 15.0 Å². The molecule has 3 aromatic rings. The summed E-state index contributed by atoms with van der Waals surface area (Å²) in [6.45, 7) is 0. The third kappa shape index (κ3) is 2.93. The second-order valence-electron chi connectivity index (χ2n) is 4.67. The van der Waals surface area contributed by atoms with E-state index in [1.165, 1.54) is 4.79 Å². The summed E-state index contributed by atoms with van der Waals surface area (Å²) in [5, 5.41) is 4.02. The molecule has 0 bridgehead atoms. The van der Waals surface area contributed by atoms with Crippen molar-refractivity contribution >= 4 is 17.3 Å². The van der Waals surface area contributed by atoms with E-state index >= 15 is 0 Å². The highest BCUT2D eigenvalue weighted by atomic mass is 16.2. The molecule has 0 aliphatic heterocycles. The summed E-state index contributed by atoms with van der Waals surface area (Å²) in [6.07, 6.45) is 3.38. The Morgan fingerprint density at radius 3 is 2.32 bits per heavy atom. The average molecular weight is 291 g/mol. The van der Waals surface area contributed by atoms with Gasteiger partial charge in [0.1, 0.15) is 0 Å². The Labute approximate surface area is 127 Å². The number of rotatable bonds is 5. The van der Waals surface area contributed by atoms with Gasteiger partial charge >= 0.3 is 0 Å². The first-order chi connectivity index (χ1) is 10.7. The highest BCUT2D eigenvalue weighted by Gasteiger charge is 2.18. The van der Waals surface area contributed by atoms with Crippen molar-refractivity contribution in [3.63, 3.8) is 0 Å². The zero-order chi connectivity index (χ0) is 15.4. The van der Waals surface area contributed by atoms with Crippen molar-refractivity contribution in [1.82, 2.24) is 9.89 Å². The second kappa shape index (κ2) is 6.05. The number of carbonyl (C=O) groups excluding carboxylic acids is 2. The number of nitrogens with zero attached hydrogens (tertiary/aromatic N) is 2. The highest BCUT2D eigenvalue weighted by Crippen LogP contribution is 2.13. The van der Waals surface area contributed by atoms with Crippen LogP contribution < -0.4 is 5.43 Å². The molecule has 0 amide bonds. The number of Topliss-reactive ketones (excluding diaryl/α,β-unsaturated/α-hetero) is 2. The van der Waals surface area contributed by atoms with Gasteiger partial charge in [0.05, 0.1) is 11.9 Å². The van der Waals surface area contributed by atoms with Gasteiger partial charge in [0, 0.05) is 17.3 Å². The van der Waals surface area contributed by atoms with E-state index in [1.807, 2.05) is 0 Å². The van der Waals surface area contributed by atoms with Crippen LogP contribution in [0.1, 0.15) is 20.7 Å². The van der Waals surface area contributed by atoms with E-state index in [4.69, 9.17) is 0 Å². The van der Waals surface area contributed by atoms with Gasteiger partial charge in [0.15, 0.2) is 0 Å². The lowest BCUT2D eigenvalue weighted by molar-refractivity contribution is 0.0817. The van der Waals surface area contributed by atoms with Crippen LogP contribution >= 0.6 is 0 Å². The quantitative estimate of drug-likeness (QED) is 0.580. The number of ketones is 2. The lowest BCUT2D eigenvalue weighted by Crippen LogP contribution is -2.15. The monoisotopic (exact) mass is 291 g/mol. The summed E-state index contributed by atoms with van der Waals surface area (Å²) in [4.78, 5) is 26.0. The van der Waals surface area contributed by atoms with Crippen LogP contribution in [0.4, 0.5) is 5.69 Å². The number of hydrogen-bond donors (Lipinski definition) is 1. The zero-order valence-corrected chi connectivity index (χ0v) is 11.6. The summed E-state index contributed by atoms with van der Waals surface area (Å²) < 4.78 is 0. The Morgan fingerprint density at radius 2 is 1.59 bits per heavy atom. The van der Waals surface area contributed by atoms with Crippen LogP contribution in [-0.2, 0) is 0 Å². The molecule has 0 unspecified atom stereocenters. The van der Waals surface area contributed by atoms with Crippen molar-refractivity contribution in [2.45, 2.75) is 0 Å². The van der Waals surface area contributed by atoms with Crippen LogP contribution in [0.3, 0.4) is 0 Å². The topological polar surface area (TPSA) is 64.0 Å². The lowest BCUT2D eigenvalue weighted by atomic mass is 10.0. The minimum Gasteiger partial charge on any atom is -0.285 e. The van der Waals surface area contributed by atoms with E-state index in [0.717, 1.165) is 0 Å². The molecule has 108 valence electrons. The summed E-state index contributed by atoms with van der Waals surface area (Å²) in [5.41, 5.74) is 4.40. The van der Waals surface area contributed by atoms with E-state index in [0.29, 0.717) is 16.8 Å². The van der Waals surface area contributed by atoms with Gasteiger partial charge in [0.2, 0.25) is 11.6 Å². The summed E-state index contributed by atoms with van der Waals surface area (Å²) in [7, 11) is 0. The van der Waals surface area contributed by atoms with Crippen molar-refractivity contribution in [2.75, 3.05) is 5.43 Å². The van der Waals surface area contributed by atoms with Gasteiger partial charge in [-0.15, -0.1) is 0 Å². The second-order valence-corrected chi connectivity index (χ2v) is 4.67. The number of carbonyl (C=O) groups is 2. The molecule has 22 heavy (non-hydrogen) atoms. The first-order valence-electron chi connectivity index (χ1n) is 6.75. The van der Waals surface area contributed by atoms with E-state index in [-0.39, 0.29) is 0 Å². The Balaban J connectivity index is 1.82. The van der Waals surface area contributed by atoms with Crippen LogP contribution in [0.25, 0.3) is 0 Å². The molecule has 2 aromatic carbocycles. The fourth-order valence-corrected chi connectivity index (χ4v) is 2.05. The first kappa shape index (κ1) is 13.8. The number of nitrogens with one attached hydrogen (secondary N) is 1. The normalized spacial score (nSPS) is 10.2. The summed E-state index contributed by atoms with van der Waals surface area (Å²) in [5.74, 6) is -1.05. The first-order valence-corrected chi connectivity index (χ1v) is 6.75. The molecule has 0 spiro atoms. The molecule has 0 fully saturated rings. The van der Waals surface area contributed by atoms with Crippen molar-refractivity contribution in [2.24, 2.45) is 0 Å². The van der Waals surface area contributed by atoms with E-state index in [2.05, 4.69) is 10.5 Å². The third-order valence-corrected chi connectivity index (χ3v) is 3.12. The molecule has 0 atom stereocenters. The summed E-state index contributed by atoms with van der Waals surface area (Å²) >= 11 is 0. The predicted octanol–water partition coefficient (Wildman–Crippen LogP) is 2.82. The molecule has 5 nitrogen and oxygen atoms in total. The maximum Gasteiger partial charge on any atom is 0.233 e. The molecule has 3 rings (SSSR count). The standard InChI is InChI=1S/C17H13N3O2/c21-16(13-6-2-1-3-7-13)17(22)14-8-4-9-15(12-14)19-20-11-5-10-18-20/h1-12,19H. The van der Waals surface area contributed by atoms with E-state index in [9.17, 15) is 9.59 Å². The maximum absolute atomic E-state index is 12.3. The van der Waals surface area contributed by atoms with Crippen molar-refractivity contribution < 1.29 is 9.59 Å². The van der Waals surface area contributed by atoms with Gasteiger partial charge in [-0.1, -0.05) is 42.5 Å². The smallest absolute Gasteiger partial charge is 0.233 e. The average Bonchev–Trinajstić information content (AvgIpc) is 3.07. The van der Waals surface area contributed by atoms with Gasteiger partial charge in [0.25, 0.3) is 0 Å². The molecule has 0 aliphatic carbocycles. The third-order valence-electron chi connectivity index (χ3n) is 3.12. The van der Waals surface area contributed by atoms with E-state index < -0.39 is 11.6 Å². The predicted molar refractivity (Wildman–Crippen MR) is 82.8 cm³/mol.